The molecular weight excluding hydrogens is 304 g/mol. The Hall–Kier alpha value is -1.57. The molecule has 3 rings (SSSR count). The van der Waals surface area contributed by atoms with Crippen LogP contribution in [0.2, 0.25) is 0 Å². The minimum Gasteiger partial charge on any atom is -0.334 e. The molecule has 1 atom stereocenters. The van der Waals surface area contributed by atoms with Gasteiger partial charge in [0, 0.05) is 25.8 Å². The van der Waals surface area contributed by atoms with Crippen LogP contribution in [0.15, 0.2) is 17.0 Å². The summed E-state index contributed by atoms with van der Waals surface area (Å²) in [7, 11) is 2.08. The number of hydrogen-bond donors (Lipinski definition) is 1. The highest BCUT2D eigenvalue weighted by atomic mass is 35.5. The van der Waals surface area contributed by atoms with Gasteiger partial charge in [-0.1, -0.05) is 19.0 Å². The van der Waals surface area contributed by atoms with Crippen molar-refractivity contribution in [3.05, 3.63) is 24.0 Å². The topological polar surface area (TPSA) is 80.0 Å². The van der Waals surface area contributed by atoms with Gasteiger partial charge in [-0.2, -0.15) is 4.98 Å². The minimum atomic E-state index is 0. The molecule has 8 heteroatoms. The zero-order valence-corrected chi connectivity index (χ0v) is 13.8. The van der Waals surface area contributed by atoms with Gasteiger partial charge >= 0.3 is 0 Å². The first-order chi connectivity index (χ1) is 10.2. The van der Waals surface area contributed by atoms with E-state index < -0.39 is 0 Å². The highest BCUT2D eigenvalue weighted by molar-refractivity contribution is 5.85. The first-order valence-corrected chi connectivity index (χ1v) is 7.21. The summed E-state index contributed by atoms with van der Waals surface area (Å²) < 4.78 is 5.45. The number of nitrogens with one attached hydrogen (secondary N) is 1. The summed E-state index contributed by atoms with van der Waals surface area (Å²) in [5, 5.41) is 7.50. The Morgan fingerprint density at radius 2 is 2.23 bits per heavy atom. The number of aromatic nitrogens is 4. The zero-order chi connectivity index (χ0) is 14.8. The van der Waals surface area contributed by atoms with Gasteiger partial charge in [-0.05, 0) is 13.0 Å². The summed E-state index contributed by atoms with van der Waals surface area (Å²) in [5.74, 6) is 1.48. The van der Waals surface area contributed by atoms with E-state index in [1.165, 1.54) is 0 Å². The number of rotatable bonds is 3. The van der Waals surface area contributed by atoms with Crippen LogP contribution < -0.4 is 5.32 Å². The molecule has 3 heterocycles. The van der Waals surface area contributed by atoms with Gasteiger partial charge in [0.25, 0.3) is 5.89 Å². The van der Waals surface area contributed by atoms with E-state index in [4.69, 9.17) is 4.52 Å². The molecule has 1 fully saturated rings. The van der Waals surface area contributed by atoms with Crippen LogP contribution in [0.5, 0.6) is 0 Å². The number of piperazine rings is 1. The van der Waals surface area contributed by atoms with Crippen LogP contribution in [0.4, 0.5) is 0 Å². The third-order valence-electron chi connectivity index (χ3n) is 3.77. The van der Waals surface area contributed by atoms with Crippen molar-refractivity contribution in [1.29, 1.82) is 0 Å². The summed E-state index contributed by atoms with van der Waals surface area (Å²) in [5.41, 5.74) is 1.74. The van der Waals surface area contributed by atoms with Gasteiger partial charge in [-0.15, -0.1) is 12.4 Å². The van der Waals surface area contributed by atoms with Crippen LogP contribution in [-0.4, -0.2) is 51.7 Å². The van der Waals surface area contributed by atoms with Crippen molar-refractivity contribution in [2.24, 2.45) is 0 Å². The van der Waals surface area contributed by atoms with Crippen LogP contribution in [0, 0.1) is 0 Å². The lowest BCUT2D eigenvalue weighted by Gasteiger charge is -2.30. The maximum Gasteiger partial charge on any atom is 0.261 e. The van der Waals surface area contributed by atoms with Crippen molar-refractivity contribution in [2.75, 3.05) is 26.7 Å². The summed E-state index contributed by atoms with van der Waals surface area (Å²) in [6.45, 7) is 6.96. The second-order valence-electron chi connectivity index (χ2n) is 5.63. The Balaban J connectivity index is 0.00000176. The van der Waals surface area contributed by atoms with E-state index in [2.05, 4.69) is 51.2 Å². The van der Waals surface area contributed by atoms with Gasteiger partial charge in [-0.25, -0.2) is 9.97 Å². The third-order valence-corrected chi connectivity index (χ3v) is 3.77. The molecule has 120 valence electrons. The van der Waals surface area contributed by atoms with Crippen LogP contribution in [0.25, 0.3) is 11.5 Å². The molecule has 1 saturated heterocycles. The van der Waals surface area contributed by atoms with Crippen LogP contribution in [0.3, 0.4) is 0 Å². The van der Waals surface area contributed by atoms with E-state index in [0.29, 0.717) is 11.7 Å². The number of nitrogens with zero attached hydrogens (tertiary/aromatic N) is 5. The van der Waals surface area contributed by atoms with Crippen molar-refractivity contribution in [2.45, 2.75) is 25.8 Å². The maximum atomic E-state index is 5.45. The van der Waals surface area contributed by atoms with Crippen molar-refractivity contribution in [1.82, 2.24) is 30.3 Å². The predicted molar refractivity (Wildman–Crippen MR) is 84.9 cm³/mol. The molecule has 0 radical (unpaired) electrons. The Kier molecular flexibility index (Phi) is 5.44. The Bertz CT molecular complexity index is 617. The molecule has 0 aromatic carbocycles. The average Bonchev–Trinajstić information content (AvgIpc) is 2.97. The van der Waals surface area contributed by atoms with E-state index in [-0.39, 0.29) is 24.4 Å². The monoisotopic (exact) mass is 324 g/mol. The molecule has 1 N–H and O–H groups in total. The van der Waals surface area contributed by atoms with Gasteiger partial charge in [0.1, 0.15) is 6.33 Å². The van der Waals surface area contributed by atoms with E-state index in [1.54, 1.807) is 12.5 Å². The molecular formula is C14H21ClN6O. The maximum absolute atomic E-state index is 5.45. The van der Waals surface area contributed by atoms with Gasteiger partial charge in [0.15, 0.2) is 5.82 Å². The van der Waals surface area contributed by atoms with Crippen molar-refractivity contribution < 1.29 is 4.52 Å². The van der Waals surface area contributed by atoms with E-state index >= 15 is 0 Å². The predicted octanol–water partition coefficient (Wildman–Crippen LogP) is 1.65. The molecule has 2 aromatic rings. The summed E-state index contributed by atoms with van der Waals surface area (Å²) in [6.07, 6.45) is 3.29. The molecule has 1 aliphatic heterocycles. The molecule has 0 amide bonds. The fraction of sp³-hybridized carbons (Fsp3) is 0.571. The SMILES string of the molecule is CC(C)c1ncncc1-c1nc(C2CNCCN2C)no1.Cl. The fourth-order valence-corrected chi connectivity index (χ4v) is 2.54. The third kappa shape index (κ3) is 3.26. The lowest BCUT2D eigenvalue weighted by Crippen LogP contribution is -2.44. The summed E-state index contributed by atoms with van der Waals surface area (Å²) >= 11 is 0. The Morgan fingerprint density at radius 3 is 2.95 bits per heavy atom. The lowest BCUT2D eigenvalue weighted by molar-refractivity contribution is 0.190. The van der Waals surface area contributed by atoms with E-state index in [9.17, 15) is 0 Å². The molecule has 0 aliphatic carbocycles. The largest absolute Gasteiger partial charge is 0.334 e. The smallest absolute Gasteiger partial charge is 0.261 e. The second kappa shape index (κ2) is 7.13. The zero-order valence-electron chi connectivity index (χ0n) is 13.0. The first kappa shape index (κ1) is 16.8. The molecule has 0 saturated carbocycles. The van der Waals surface area contributed by atoms with E-state index in [0.717, 1.165) is 30.9 Å². The number of hydrogen-bond acceptors (Lipinski definition) is 7. The first-order valence-electron chi connectivity index (χ1n) is 7.21. The standard InChI is InChI=1S/C14H20N6O.ClH/c1-9(2)12-10(6-16-8-17-12)14-18-13(19-21-14)11-7-15-4-5-20(11)3;/h6,8-9,11,15H,4-5,7H2,1-3H3;1H. The fourth-order valence-electron chi connectivity index (χ4n) is 2.54. The number of likely N-dealkylation sites (N-methyl/N-ethyl adjacent to an activating group) is 1. The molecule has 0 bridgehead atoms. The van der Waals surface area contributed by atoms with Crippen LogP contribution in [0.1, 0.15) is 37.3 Å². The summed E-state index contributed by atoms with van der Waals surface area (Å²) in [6, 6.07) is 0.142. The van der Waals surface area contributed by atoms with Crippen LogP contribution >= 0.6 is 12.4 Å². The van der Waals surface area contributed by atoms with Gasteiger partial charge < -0.3 is 9.84 Å². The molecule has 0 spiro atoms. The van der Waals surface area contributed by atoms with Crippen molar-refractivity contribution in [3.63, 3.8) is 0 Å². The van der Waals surface area contributed by atoms with Crippen molar-refractivity contribution >= 4 is 12.4 Å². The van der Waals surface area contributed by atoms with Crippen molar-refractivity contribution in [3.8, 4) is 11.5 Å². The lowest BCUT2D eigenvalue weighted by atomic mass is 10.1. The molecule has 1 aliphatic rings. The van der Waals surface area contributed by atoms with Gasteiger partial charge in [0.05, 0.1) is 17.3 Å². The molecule has 1 unspecified atom stereocenters. The normalized spacial score (nSPS) is 19.2. The summed E-state index contributed by atoms with van der Waals surface area (Å²) in [4.78, 5) is 15.2. The highest BCUT2D eigenvalue weighted by Gasteiger charge is 2.26. The van der Waals surface area contributed by atoms with Gasteiger partial charge in [0.2, 0.25) is 0 Å². The molecule has 22 heavy (non-hydrogen) atoms. The quantitative estimate of drug-likeness (QED) is 0.919. The number of halogens is 1. The second-order valence-corrected chi connectivity index (χ2v) is 5.63. The molecule has 7 nitrogen and oxygen atoms in total. The average molecular weight is 325 g/mol. The highest BCUT2D eigenvalue weighted by Crippen LogP contribution is 2.27. The Labute approximate surface area is 135 Å². The van der Waals surface area contributed by atoms with Crippen LogP contribution in [-0.2, 0) is 0 Å². The molecule has 2 aromatic heterocycles. The van der Waals surface area contributed by atoms with E-state index in [1.807, 2.05) is 0 Å². The minimum absolute atomic E-state index is 0. The Morgan fingerprint density at radius 1 is 1.41 bits per heavy atom. The van der Waals surface area contributed by atoms with Gasteiger partial charge in [-0.3, -0.25) is 4.90 Å².